The van der Waals surface area contributed by atoms with Gasteiger partial charge < -0.3 is 0 Å². The van der Waals surface area contributed by atoms with Gasteiger partial charge in [-0.1, -0.05) is 42.5 Å². The molecular weight excluding hydrogens is 261 g/mol. The van der Waals surface area contributed by atoms with Crippen molar-refractivity contribution in [2.75, 3.05) is 6.66 Å². The monoisotopic (exact) mass is 278 g/mol. The number of rotatable bonds is 3. The molecule has 0 radical (unpaired) electrons. The number of nitrogens with zero attached hydrogens (tertiary/aromatic N) is 1. The first-order valence-corrected chi connectivity index (χ1v) is 8.95. The predicted molar refractivity (Wildman–Crippen MR) is 88.9 cm³/mol. The second-order valence-electron chi connectivity index (χ2n) is 4.87. The molecule has 3 rings (SSSR count). The molecule has 0 bridgehead atoms. The molecule has 98 valence electrons. The zero-order valence-electron chi connectivity index (χ0n) is 11.5. The molecule has 20 heavy (non-hydrogen) atoms. The van der Waals surface area contributed by atoms with Gasteiger partial charge >= 0.3 is 0 Å². The summed E-state index contributed by atoms with van der Waals surface area (Å²) in [4.78, 5) is 4.65. The molecule has 1 nitrogen and oxygen atoms in total. The van der Waals surface area contributed by atoms with Gasteiger partial charge in [-0.25, -0.2) is 4.98 Å². The largest absolute Gasteiger partial charge is 0.222 e. The highest BCUT2D eigenvalue weighted by molar-refractivity contribution is 7.94. The van der Waals surface area contributed by atoms with Crippen LogP contribution in [0.4, 0.5) is 0 Å². The molecule has 0 spiro atoms. The Morgan fingerprint density at radius 1 is 0.650 bits per heavy atom. The summed E-state index contributed by atoms with van der Waals surface area (Å²) in [5, 5.41) is 2.73. The van der Waals surface area contributed by atoms with Gasteiger partial charge in [0, 0.05) is 12.3 Å². The number of aromatic nitrogens is 1. The minimum Gasteiger partial charge on any atom is -0.222 e. The van der Waals surface area contributed by atoms with Crippen LogP contribution in [0, 0.1) is 0 Å². The lowest BCUT2D eigenvalue weighted by atomic mass is 10.4. The van der Waals surface area contributed by atoms with Gasteiger partial charge in [-0.3, -0.25) is 0 Å². The average Bonchev–Trinajstić information content (AvgIpc) is 2.56. The van der Waals surface area contributed by atoms with Gasteiger partial charge in [0.25, 0.3) is 0 Å². The fraction of sp³-hybridized carbons (Fsp3) is 0.0556. The van der Waals surface area contributed by atoms with Crippen molar-refractivity contribution in [3.8, 4) is 0 Å². The average molecular weight is 278 g/mol. The highest BCUT2D eigenvalue weighted by Crippen LogP contribution is 2.50. The number of hydrogen-bond acceptors (Lipinski definition) is 1. The lowest BCUT2D eigenvalue weighted by Crippen LogP contribution is -2.31. The third-order valence-electron chi connectivity index (χ3n) is 3.65. The summed E-state index contributed by atoms with van der Waals surface area (Å²) in [6.07, 6.45) is 1.89. The van der Waals surface area contributed by atoms with Crippen LogP contribution in [0.15, 0.2) is 85.1 Å². The van der Waals surface area contributed by atoms with Crippen LogP contribution in [0.1, 0.15) is 0 Å². The minimum atomic E-state index is -1.64. The molecule has 0 aliphatic carbocycles. The van der Waals surface area contributed by atoms with E-state index in [1.165, 1.54) is 16.0 Å². The molecule has 0 atom stereocenters. The Bertz CT molecular complexity index is 569. The van der Waals surface area contributed by atoms with E-state index in [1.807, 2.05) is 12.3 Å². The van der Waals surface area contributed by atoms with Crippen LogP contribution in [0.5, 0.6) is 0 Å². The van der Waals surface area contributed by atoms with E-state index in [4.69, 9.17) is 0 Å². The first kappa shape index (κ1) is 13.0. The second kappa shape index (κ2) is 5.56. The van der Waals surface area contributed by atoms with Crippen LogP contribution in [0.3, 0.4) is 0 Å². The van der Waals surface area contributed by atoms with Crippen LogP contribution >= 0.6 is 7.26 Å². The molecule has 0 aliphatic heterocycles. The standard InChI is InChI=1S/C18H17NP/c1-20(16-10-4-2-5-11-16,17-12-6-3-7-13-17)18-14-8-9-15-19-18/h2-15H,1H3/q+1. The fourth-order valence-electron chi connectivity index (χ4n) is 2.48. The van der Waals surface area contributed by atoms with Gasteiger partial charge in [-0.05, 0) is 30.3 Å². The molecule has 1 aromatic heterocycles. The second-order valence-corrected chi connectivity index (χ2v) is 8.37. The van der Waals surface area contributed by atoms with Gasteiger partial charge in [-0.15, -0.1) is 0 Å². The predicted octanol–water partition coefficient (Wildman–Crippen LogP) is 3.01. The molecule has 0 saturated heterocycles. The van der Waals surface area contributed by atoms with Crippen LogP contribution < -0.4 is 16.0 Å². The first-order chi connectivity index (χ1) is 9.82. The van der Waals surface area contributed by atoms with E-state index in [-0.39, 0.29) is 0 Å². The summed E-state index contributed by atoms with van der Waals surface area (Å²) >= 11 is 0. The topological polar surface area (TPSA) is 12.9 Å². The molecule has 0 N–H and O–H groups in total. The Morgan fingerprint density at radius 3 is 1.60 bits per heavy atom. The molecule has 0 aliphatic rings. The highest BCUT2D eigenvalue weighted by atomic mass is 31.2. The normalized spacial score (nSPS) is 11.2. The van der Waals surface area contributed by atoms with Gasteiger partial charge in [0.15, 0.2) is 5.44 Å². The summed E-state index contributed by atoms with van der Waals surface area (Å²) < 4.78 is 0. The van der Waals surface area contributed by atoms with Crippen LogP contribution in [-0.4, -0.2) is 11.6 Å². The lowest BCUT2D eigenvalue weighted by molar-refractivity contribution is 1.39. The minimum absolute atomic E-state index is 1.18. The lowest BCUT2D eigenvalue weighted by Gasteiger charge is -2.21. The van der Waals surface area contributed by atoms with Crippen molar-refractivity contribution < 1.29 is 0 Å². The van der Waals surface area contributed by atoms with E-state index in [0.29, 0.717) is 0 Å². The van der Waals surface area contributed by atoms with Gasteiger partial charge in [0.1, 0.15) is 17.9 Å². The molecule has 3 aromatic rings. The Labute approximate surface area is 120 Å². The van der Waals surface area contributed by atoms with Crippen molar-refractivity contribution in [2.45, 2.75) is 0 Å². The number of hydrogen-bond donors (Lipinski definition) is 0. The summed E-state index contributed by atoms with van der Waals surface area (Å²) in [5.74, 6) is 0. The summed E-state index contributed by atoms with van der Waals surface area (Å²) in [5.41, 5.74) is 1.18. The molecule has 1 heterocycles. The van der Waals surface area contributed by atoms with Crippen molar-refractivity contribution in [2.24, 2.45) is 0 Å². The van der Waals surface area contributed by atoms with Crippen molar-refractivity contribution >= 4 is 23.3 Å². The molecule has 0 unspecified atom stereocenters. The SMILES string of the molecule is C[P+](c1ccccc1)(c1ccccc1)c1ccccn1. The van der Waals surface area contributed by atoms with E-state index in [2.05, 4.69) is 84.4 Å². The van der Waals surface area contributed by atoms with Crippen LogP contribution in [0.2, 0.25) is 0 Å². The molecular formula is C18H17NP+. The van der Waals surface area contributed by atoms with Crippen molar-refractivity contribution in [3.63, 3.8) is 0 Å². The third kappa shape index (κ3) is 2.26. The van der Waals surface area contributed by atoms with E-state index in [0.717, 1.165) is 0 Å². The zero-order valence-corrected chi connectivity index (χ0v) is 12.4. The maximum atomic E-state index is 4.65. The van der Waals surface area contributed by atoms with E-state index < -0.39 is 7.26 Å². The fourth-order valence-corrected chi connectivity index (χ4v) is 5.53. The quantitative estimate of drug-likeness (QED) is 0.671. The molecule has 2 aromatic carbocycles. The number of benzene rings is 2. The van der Waals surface area contributed by atoms with E-state index in [1.54, 1.807) is 0 Å². The van der Waals surface area contributed by atoms with Gasteiger partial charge in [0.05, 0.1) is 6.66 Å². The summed E-state index contributed by atoms with van der Waals surface area (Å²) in [6.45, 7) is 2.35. The summed E-state index contributed by atoms with van der Waals surface area (Å²) in [6, 6.07) is 27.6. The Balaban J connectivity index is 2.24. The van der Waals surface area contributed by atoms with Crippen molar-refractivity contribution in [1.82, 2.24) is 4.98 Å². The third-order valence-corrected chi connectivity index (χ3v) is 7.50. The van der Waals surface area contributed by atoms with Crippen LogP contribution in [0.25, 0.3) is 0 Å². The maximum absolute atomic E-state index is 4.65. The Morgan fingerprint density at radius 2 is 1.15 bits per heavy atom. The smallest absolute Gasteiger partial charge is 0.192 e. The zero-order chi connectivity index (χ0) is 13.8. The van der Waals surface area contributed by atoms with Crippen molar-refractivity contribution in [1.29, 1.82) is 0 Å². The molecule has 0 amide bonds. The van der Waals surface area contributed by atoms with Crippen molar-refractivity contribution in [3.05, 3.63) is 85.1 Å². The van der Waals surface area contributed by atoms with Crippen LogP contribution in [-0.2, 0) is 0 Å². The van der Waals surface area contributed by atoms with E-state index in [9.17, 15) is 0 Å². The maximum Gasteiger partial charge on any atom is 0.192 e. The number of pyridine rings is 1. The molecule has 0 fully saturated rings. The highest BCUT2D eigenvalue weighted by Gasteiger charge is 2.41. The Kier molecular flexibility index (Phi) is 3.62. The first-order valence-electron chi connectivity index (χ1n) is 6.71. The molecule has 0 saturated carbocycles. The Hall–Kier alpha value is -1.98. The summed E-state index contributed by atoms with van der Waals surface area (Å²) in [7, 11) is -1.64. The molecule has 2 heteroatoms. The van der Waals surface area contributed by atoms with E-state index >= 15 is 0 Å². The van der Waals surface area contributed by atoms with Gasteiger partial charge in [-0.2, -0.15) is 0 Å². The van der Waals surface area contributed by atoms with Gasteiger partial charge in [0.2, 0.25) is 0 Å².